The van der Waals surface area contributed by atoms with E-state index >= 15 is 0 Å². The van der Waals surface area contributed by atoms with E-state index in [-0.39, 0.29) is 18.3 Å². The summed E-state index contributed by atoms with van der Waals surface area (Å²) in [6, 6.07) is 5.92. The fraction of sp³-hybridized carbons (Fsp3) is 0.588. The van der Waals surface area contributed by atoms with Gasteiger partial charge in [-0.25, -0.2) is 0 Å². The summed E-state index contributed by atoms with van der Waals surface area (Å²) >= 11 is 0. The fourth-order valence-electron chi connectivity index (χ4n) is 2.49. The highest BCUT2D eigenvalue weighted by molar-refractivity contribution is 5.86. The van der Waals surface area contributed by atoms with Crippen molar-refractivity contribution in [2.24, 2.45) is 5.73 Å². The highest BCUT2D eigenvalue weighted by atomic mass is 35.5. The van der Waals surface area contributed by atoms with Crippen molar-refractivity contribution in [1.82, 2.24) is 5.32 Å². The average molecular weight is 359 g/mol. The quantitative estimate of drug-likeness (QED) is 0.723. The van der Waals surface area contributed by atoms with Crippen LogP contribution in [0.4, 0.5) is 0 Å². The number of carbonyl (C=O) groups is 1. The predicted octanol–water partition coefficient (Wildman–Crippen LogP) is 1.57. The number of methoxy groups -OCH3 is 1. The molecule has 1 fully saturated rings. The molecule has 0 aliphatic carbocycles. The van der Waals surface area contributed by atoms with E-state index in [1.165, 1.54) is 0 Å². The summed E-state index contributed by atoms with van der Waals surface area (Å²) in [6.07, 6.45) is 1.09. The molecule has 1 heterocycles. The summed E-state index contributed by atoms with van der Waals surface area (Å²) in [5, 5.41) is 2.93. The van der Waals surface area contributed by atoms with Crippen LogP contribution >= 0.6 is 12.4 Å². The molecule has 1 saturated heterocycles. The van der Waals surface area contributed by atoms with Crippen molar-refractivity contribution in [2.75, 3.05) is 33.5 Å². The standard InChI is InChI=1S/C17H26N2O4.ClH/c1-13-3-4-14(15(11-13)23-10-9-21-2)12-19-16(20)17(18)5-7-22-8-6-17;/h3-4,11H,5-10,12,18H2,1-2H3,(H,19,20);1H. The van der Waals surface area contributed by atoms with Crippen LogP contribution in [0.3, 0.4) is 0 Å². The number of hydrogen-bond acceptors (Lipinski definition) is 5. The lowest BCUT2D eigenvalue weighted by molar-refractivity contribution is -0.129. The number of aryl methyl sites for hydroxylation is 1. The molecule has 2 rings (SSSR count). The number of nitrogens with two attached hydrogens (primary N) is 1. The Morgan fingerprint density at radius 3 is 2.71 bits per heavy atom. The van der Waals surface area contributed by atoms with E-state index in [1.54, 1.807) is 7.11 Å². The van der Waals surface area contributed by atoms with Gasteiger partial charge in [0, 0.05) is 32.4 Å². The van der Waals surface area contributed by atoms with Gasteiger partial charge in [0.2, 0.25) is 5.91 Å². The first-order valence-corrected chi connectivity index (χ1v) is 7.91. The maximum Gasteiger partial charge on any atom is 0.240 e. The third kappa shape index (κ3) is 5.63. The molecule has 0 unspecified atom stereocenters. The van der Waals surface area contributed by atoms with Gasteiger partial charge in [0.05, 0.1) is 12.1 Å². The minimum absolute atomic E-state index is 0. The topological polar surface area (TPSA) is 82.8 Å². The smallest absolute Gasteiger partial charge is 0.240 e. The third-order valence-corrected chi connectivity index (χ3v) is 4.04. The van der Waals surface area contributed by atoms with Crippen LogP contribution in [0, 0.1) is 6.92 Å². The number of benzene rings is 1. The molecule has 1 amide bonds. The molecule has 0 radical (unpaired) electrons. The van der Waals surface area contributed by atoms with Crippen LogP contribution in [0.2, 0.25) is 0 Å². The van der Waals surface area contributed by atoms with Gasteiger partial charge in [0.15, 0.2) is 0 Å². The summed E-state index contributed by atoms with van der Waals surface area (Å²) in [5.41, 5.74) is 7.38. The van der Waals surface area contributed by atoms with Crippen molar-refractivity contribution in [3.8, 4) is 5.75 Å². The molecular weight excluding hydrogens is 332 g/mol. The van der Waals surface area contributed by atoms with Crippen LogP contribution < -0.4 is 15.8 Å². The SMILES string of the molecule is COCCOc1cc(C)ccc1CNC(=O)C1(N)CCOCC1.Cl. The largest absolute Gasteiger partial charge is 0.491 e. The second-order valence-electron chi connectivity index (χ2n) is 5.90. The molecule has 0 atom stereocenters. The van der Waals surface area contributed by atoms with Crippen LogP contribution in [0.15, 0.2) is 18.2 Å². The number of hydrogen-bond donors (Lipinski definition) is 2. The molecule has 0 spiro atoms. The third-order valence-electron chi connectivity index (χ3n) is 4.04. The molecule has 136 valence electrons. The Morgan fingerprint density at radius 1 is 1.33 bits per heavy atom. The van der Waals surface area contributed by atoms with Crippen LogP contribution in [0.5, 0.6) is 5.75 Å². The van der Waals surface area contributed by atoms with Gasteiger partial charge in [-0.3, -0.25) is 4.79 Å². The summed E-state index contributed by atoms with van der Waals surface area (Å²) in [7, 11) is 1.63. The Balaban J connectivity index is 0.00000288. The summed E-state index contributed by atoms with van der Waals surface area (Å²) < 4.78 is 16.0. The Labute approximate surface area is 149 Å². The number of halogens is 1. The van der Waals surface area contributed by atoms with E-state index in [2.05, 4.69) is 5.32 Å². The second kappa shape index (κ2) is 9.84. The lowest BCUT2D eigenvalue weighted by atomic mass is 9.90. The molecule has 1 aromatic carbocycles. The first-order valence-electron chi connectivity index (χ1n) is 7.91. The zero-order valence-electron chi connectivity index (χ0n) is 14.3. The van der Waals surface area contributed by atoms with Crippen LogP contribution in [0.1, 0.15) is 24.0 Å². The van der Waals surface area contributed by atoms with Crippen LogP contribution in [-0.2, 0) is 20.8 Å². The molecule has 0 bridgehead atoms. The predicted molar refractivity (Wildman–Crippen MR) is 94.6 cm³/mol. The van der Waals surface area contributed by atoms with Gasteiger partial charge >= 0.3 is 0 Å². The normalized spacial score (nSPS) is 16.1. The second-order valence-corrected chi connectivity index (χ2v) is 5.90. The molecule has 1 aromatic rings. The van der Waals surface area contributed by atoms with E-state index in [0.29, 0.717) is 45.8 Å². The number of rotatable bonds is 7. The molecular formula is C17H27ClN2O4. The highest BCUT2D eigenvalue weighted by Gasteiger charge is 2.35. The monoisotopic (exact) mass is 358 g/mol. The maximum absolute atomic E-state index is 12.4. The first-order chi connectivity index (χ1) is 11.0. The molecule has 0 saturated carbocycles. The van der Waals surface area contributed by atoms with Crippen LogP contribution in [0.25, 0.3) is 0 Å². The minimum atomic E-state index is -0.833. The van der Waals surface area contributed by atoms with Crippen molar-refractivity contribution in [1.29, 1.82) is 0 Å². The Hall–Kier alpha value is -1.34. The van der Waals surface area contributed by atoms with Gasteiger partial charge in [0.25, 0.3) is 0 Å². The van der Waals surface area contributed by atoms with Crippen molar-refractivity contribution in [3.05, 3.63) is 29.3 Å². The molecule has 1 aliphatic rings. The van der Waals surface area contributed by atoms with Gasteiger partial charge in [0.1, 0.15) is 12.4 Å². The average Bonchev–Trinajstić information content (AvgIpc) is 2.54. The molecule has 7 heteroatoms. The van der Waals surface area contributed by atoms with E-state index in [4.69, 9.17) is 19.9 Å². The fourth-order valence-corrected chi connectivity index (χ4v) is 2.49. The van der Waals surface area contributed by atoms with E-state index < -0.39 is 5.54 Å². The lowest BCUT2D eigenvalue weighted by Crippen LogP contribution is -2.56. The number of carbonyl (C=O) groups excluding carboxylic acids is 1. The van der Waals surface area contributed by atoms with Gasteiger partial charge in [-0.2, -0.15) is 0 Å². The van der Waals surface area contributed by atoms with E-state index in [9.17, 15) is 4.79 Å². The molecule has 1 aliphatic heterocycles. The van der Waals surface area contributed by atoms with Crippen LogP contribution in [-0.4, -0.2) is 45.0 Å². The Morgan fingerprint density at radius 2 is 2.04 bits per heavy atom. The molecule has 0 aromatic heterocycles. The summed E-state index contributed by atoms with van der Waals surface area (Å²) in [6.45, 7) is 4.44. The zero-order valence-corrected chi connectivity index (χ0v) is 15.1. The molecule has 24 heavy (non-hydrogen) atoms. The minimum Gasteiger partial charge on any atom is -0.491 e. The van der Waals surface area contributed by atoms with Gasteiger partial charge in [-0.15, -0.1) is 12.4 Å². The van der Waals surface area contributed by atoms with Crippen molar-refractivity contribution in [2.45, 2.75) is 31.8 Å². The number of amides is 1. The summed E-state index contributed by atoms with van der Waals surface area (Å²) in [5.74, 6) is 0.629. The maximum atomic E-state index is 12.4. The molecule has 6 nitrogen and oxygen atoms in total. The van der Waals surface area contributed by atoms with Crippen molar-refractivity contribution < 1.29 is 19.0 Å². The van der Waals surface area contributed by atoms with E-state index in [1.807, 2.05) is 25.1 Å². The number of ether oxygens (including phenoxy) is 3. The lowest BCUT2D eigenvalue weighted by Gasteiger charge is -2.31. The summed E-state index contributed by atoms with van der Waals surface area (Å²) in [4.78, 5) is 12.4. The van der Waals surface area contributed by atoms with Crippen molar-refractivity contribution in [3.63, 3.8) is 0 Å². The number of nitrogens with one attached hydrogen (secondary N) is 1. The Bertz CT molecular complexity index is 533. The highest BCUT2D eigenvalue weighted by Crippen LogP contribution is 2.22. The van der Waals surface area contributed by atoms with Gasteiger partial charge in [-0.05, 0) is 31.4 Å². The van der Waals surface area contributed by atoms with E-state index in [0.717, 1.165) is 16.9 Å². The Kier molecular flexibility index (Phi) is 8.48. The molecule has 3 N–H and O–H groups in total. The van der Waals surface area contributed by atoms with Gasteiger partial charge in [-0.1, -0.05) is 12.1 Å². The van der Waals surface area contributed by atoms with Crippen molar-refractivity contribution >= 4 is 18.3 Å². The first kappa shape index (κ1) is 20.7. The van der Waals surface area contributed by atoms with Gasteiger partial charge < -0.3 is 25.3 Å². The zero-order chi connectivity index (χ0) is 16.7.